The number of hydrogen-bond acceptors (Lipinski definition) is 3. The molecule has 0 radical (unpaired) electrons. The summed E-state index contributed by atoms with van der Waals surface area (Å²) in [6.45, 7) is 4.11. The molecular weight excluding hydrogens is 228 g/mol. The lowest BCUT2D eigenvalue weighted by atomic mass is 10.1. The van der Waals surface area contributed by atoms with Crippen LogP contribution in [-0.4, -0.2) is 15.7 Å². The van der Waals surface area contributed by atoms with Crippen molar-refractivity contribution >= 4 is 11.6 Å². The van der Waals surface area contributed by atoms with Crippen molar-refractivity contribution < 1.29 is 4.79 Å². The van der Waals surface area contributed by atoms with Gasteiger partial charge in [0.25, 0.3) is 5.91 Å². The lowest BCUT2D eigenvalue weighted by Crippen LogP contribution is -2.15. The van der Waals surface area contributed by atoms with E-state index in [2.05, 4.69) is 18.9 Å². The smallest absolute Gasteiger partial charge is 0.250 e. The van der Waals surface area contributed by atoms with Gasteiger partial charge in [0.2, 0.25) is 0 Å². The van der Waals surface area contributed by atoms with Crippen molar-refractivity contribution in [1.29, 1.82) is 0 Å². The van der Waals surface area contributed by atoms with Gasteiger partial charge in [-0.1, -0.05) is 13.8 Å². The van der Waals surface area contributed by atoms with Gasteiger partial charge in [-0.3, -0.25) is 4.79 Å². The monoisotopic (exact) mass is 244 g/mol. The first-order valence-corrected chi connectivity index (χ1v) is 5.74. The molecule has 0 bridgehead atoms. The van der Waals surface area contributed by atoms with E-state index in [1.165, 1.54) is 0 Å². The number of benzene rings is 1. The number of nitrogens with zero attached hydrogens (tertiary/aromatic N) is 2. The van der Waals surface area contributed by atoms with E-state index in [1.807, 2.05) is 6.07 Å². The molecule has 0 aliphatic heterocycles. The summed E-state index contributed by atoms with van der Waals surface area (Å²) in [6.07, 6.45) is 1.80. The second kappa shape index (κ2) is 4.52. The fourth-order valence-corrected chi connectivity index (χ4v) is 1.73. The summed E-state index contributed by atoms with van der Waals surface area (Å²) >= 11 is 0. The Morgan fingerprint density at radius 1 is 1.33 bits per heavy atom. The van der Waals surface area contributed by atoms with Gasteiger partial charge < -0.3 is 11.5 Å². The van der Waals surface area contributed by atoms with Gasteiger partial charge in [0, 0.05) is 11.9 Å². The Balaban J connectivity index is 2.54. The molecule has 1 amide bonds. The van der Waals surface area contributed by atoms with E-state index in [9.17, 15) is 4.79 Å². The lowest BCUT2D eigenvalue weighted by Gasteiger charge is -2.08. The Labute approximate surface area is 105 Å². The SMILES string of the molecule is CC(C)c1ccn(-c2cc(N)ccc2C(N)=O)n1. The number of hydrogen-bond donors (Lipinski definition) is 2. The van der Waals surface area contributed by atoms with Crippen LogP contribution in [-0.2, 0) is 0 Å². The highest BCUT2D eigenvalue weighted by atomic mass is 16.1. The van der Waals surface area contributed by atoms with Crippen LogP contribution in [0.5, 0.6) is 0 Å². The van der Waals surface area contributed by atoms with Crippen molar-refractivity contribution in [1.82, 2.24) is 9.78 Å². The summed E-state index contributed by atoms with van der Waals surface area (Å²) in [7, 11) is 0. The van der Waals surface area contributed by atoms with Crippen LogP contribution >= 0.6 is 0 Å². The zero-order chi connectivity index (χ0) is 13.3. The minimum atomic E-state index is -0.494. The largest absolute Gasteiger partial charge is 0.399 e. The van der Waals surface area contributed by atoms with Crippen molar-refractivity contribution in [3.8, 4) is 5.69 Å². The Morgan fingerprint density at radius 2 is 2.06 bits per heavy atom. The molecule has 5 nitrogen and oxygen atoms in total. The Hall–Kier alpha value is -2.30. The van der Waals surface area contributed by atoms with Crippen LogP contribution < -0.4 is 11.5 Å². The first-order valence-electron chi connectivity index (χ1n) is 5.74. The van der Waals surface area contributed by atoms with Crippen molar-refractivity contribution in [2.75, 3.05) is 5.73 Å². The molecule has 5 heteroatoms. The van der Waals surface area contributed by atoms with Gasteiger partial charge in [-0.2, -0.15) is 5.10 Å². The van der Waals surface area contributed by atoms with Crippen LogP contribution in [0.2, 0.25) is 0 Å². The van der Waals surface area contributed by atoms with Crippen molar-refractivity contribution in [3.05, 3.63) is 41.7 Å². The number of nitrogens with two attached hydrogens (primary N) is 2. The predicted octanol–water partition coefficient (Wildman–Crippen LogP) is 1.68. The van der Waals surface area contributed by atoms with Crippen molar-refractivity contribution in [3.63, 3.8) is 0 Å². The molecule has 0 spiro atoms. The molecule has 1 aromatic carbocycles. The minimum Gasteiger partial charge on any atom is -0.399 e. The maximum absolute atomic E-state index is 11.4. The van der Waals surface area contributed by atoms with E-state index in [0.717, 1.165) is 5.69 Å². The maximum atomic E-state index is 11.4. The molecule has 1 aromatic heterocycles. The zero-order valence-corrected chi connectivity index (χ0v) is 10.4. The van der Waals surface area contributed by atoms with E-state index in [0.29, 0.717) is 22.9 Å². The second-order valence-electron chi connectivity index (χ2n) is 4.48. The van der Waals surface area contributed by atoms with Crippen LogP contribution in [0, 0.1) is 0 Å². The molecule has 18 heavy (non-hydrogen) atoms. The van der Waals surface area contributed by atoms with Crippen LogP contribution in [0.1, 0.15) is 35.8 Å². The number of rotatable bonds is 3. The van der Waals surface area contributed by atoms with E-state index >= 15 is 0 Å². The fraction of sp³-hybridized carbons (Fsp3) is 0.231. The molecule has 0 unspecified atom stereocenters. The number of nitrogen functional groups attached to an aromatic ring is 1. The lowest BCUT2D eigenvalue weighted by molar-refractivity contribution is 0.1000. The molecule has 0 aliphatic rings. The van der Waals surface area contributed by atoms with Gasteiger partial charge in [-0.15, -0.1) is 0 Å². The van der Waals surface area contributed by atoms with Gasteiger partial charge in [-0.25, -0.2) is 4.68 Å². The van der Waals surface area contributed by atoms with E-state index < -0.39 is 5.91 Å². The third kappa shape index (κ3) is 2.20. The number of carbonyl (C=O) groups is 1. The third-order valence-electron chi connectivity index (χ3n) is 2.74. The molecular formula is C13H16N4O. The Bertz CT molecular complexity index is 586. The number of anilines is 1. The zero-order valence-electron chi connectivity index (χ0n) is 10.4. The highest BCUT2D eigenvalue weighted by Crippen LogP contribution is 2.19. The predicted molar refractivity (Wildman–Crippen MR) is 70.6 cm³/mol. The molecule has 0 saturated heterocycles. The molecule has 1 heterocycles. The standard InChI is InChI=1S/C13H16N4O/c1-8(2)11-5-6-17(16-11)12-7-9(14)3-4-10(12)13(15)18/h3-8H,14H2,1-2H3,(H2,15,18). The van der Waals surface area contributed by atoms with Crippen molar-refractivity contribution in [2.24, 2.45) is 5.73 Å². The second-order valence-corrected chi connectivity index (χ2v) is 4.48. The average molecular weight is 244 g/mol. The van der Waals surface area contributed by atoms with Gasteiger partial charge in [0.15, 0.2) is 0 Å². The van der Waals surface area contributed by atoms with Crippen LogP contribution in [0.15, 0.2) is 30.5 Å². The summed E-state index contributed by atoms with van der Waals surface area (Å²) < 4.78 is 1.63. The normalized spacial score (nSPS) is 10.8. The maximum Gasteiger partial charge on any atom is 0.250 e. The number of primary amides is 1. The summed E-state index contributed by atoms with van der Waals surface area (Å²) in [4.78, 5) is 11.4. The number of aromatic nitrogens is 2. The summed E-state index contributed by atoms with van der Waals surface area (Å²) in [5.74, 6) is -0.170. The van der Waals surface area contributed by atoms with Gasteiger partial charge >= 0.3 is 0 Å². The average Bonchev–Trinajstić information content (AvgIpc) is 2.77. The van der Waals surface area contributed by atoms with Gasteiger partial charge in [0.1, 0.15) is 0 Å². The summed E-state index contributed by atoms with van der Waals surface area (Å²) in [5, 5.41) is 4.42. The molecule has 4 N–H and O–H groups in total. The molecule has 0 saturated carbocycles. The highest BCUT2D eigenvalue weighted by Gasteiger charge is 2.12. The van der Waals surface area contributed by atoms with Gasteiger partial charge in [-0.05, 0) is 30.2 Å². The first kappa shape index (κ1) is 12.2. The van der Waals surface area contributed by atoms with Crippen molar-refractivity contribution in [2.45, 2.75) is 19.8 Å². The molecule has 94 valence electrons. The quantitative estimate of drug-likeness (QED) is 0.805. The third-order valence-corrected chi connectivity index (χ3v) is 2.74. The molecule has 2 rings (SSSR count). The first-order chi connectivity index (χ1) is 8.49. The Kier molecular flexibility index (Phi) is 3.06. The molecule has 2 aromatic rings. The fourth-order valence-electron chi connectivity index (χ4n) is 1.73. The highest BCUT2D eigenvalue weighted by molar-refractivity contribution is 5.97. The summed E-state index contributed by atoms with van der Waals surface area (Å²) in [5.41, 5.74) is 13.6. The minimum absolute atomic E-state index is 0.323. The topological polar surface area (TPSA) is 86.9 Å². The van der Waals surface area contributed by atoms with Gasteiger partial charge in [0.05, 0.1) is 16.9 Å². The number of amides is 1. The molecule has 0 atom stereocenters. The van der Waals surface area contributed by atoms with E-state index in [-0.39, 0.29) is 0 Å². The van der Waals surface area contributed by atoms with Crippen LogP contribution in [0.25, 0.3) is 5.69 Å². The van der Waals surface area contributed by atoms with Crippen LogP contribution in [0.4, 0.5) is 5.69 Å². The Morgan fingerprint density at radius 3 is 2.61 bits per heavy atom. The molecule has 0 aliphatic carbocycles. The molecule has 0 fully saturated rings. The summed E-state index contributed by atoms with van der Waals surface area (Å²) in [6, 6.07) is 6.87. The van der Waals surface area contributed by atoms with Crippen LogP contribution in [0.3, 0.4) is 0 Å². The van der Waals surface area contributed by atoms with E-state index in [4.69, 9.17) is 11.5 Å². The van der Waals surface area contributed by atoms with E-state index in [1.54, 1.807) is 29.1 Å². The number of carbonyl (C=O) groups excluding carboxylic acids is 1.